The molecule has 138 valence electrons. The summed E-state index contributed by atoms with van der Waals surface area (Å²) in [6, 6.07) is 7.40. The number of esters is 1. The van der Waals surface area contributed by atoms with Gasteiger partial charge in [-0.25, -0.2) is 0 Å². The summed E-state index contributed by atoms with van der Waals surface area (Å²) in [7, 11) is 0. The summed E-state index contributed by atoms with van der Waals surface area (Å²) in [5.74, 6) is 0.615. The van der Waals surface area contributed by atoms with Gasteiger partial charge < -0.3 is 14.8 Å². The lowest BCUT2D eigenvalue weighted by Gasteiger charge is -2.30. The van der Waals surface area contributed by atoms with Crippen LogP contribution in [-0.2, 0) is 14.3 Å². The summed E-state index contributed by atoms with van der Waals surface area (Å²) >= 11 is 0. The Hall–Kier alpha value is -2.08. The highest BCUT2D eigenvalue weighted by atomic mass is 16.5. The van der Waals surface area contributed by atoms with Crippen molar-refractivity contribution in [2.45, 2.75) is 33.1 Å². The molecule has 0 radical (unpaired) electrons. The second-order valence-corrected chi connectivity index (χ2v) is 6.22. The van der Waals surface area contributed by atoms with Crippen LogP contribution in [0.2, 0.25) is 0 Å². The first kappa shape index (κ1) is 19.2. The Morgan fingerprint density at radius 2 is 1.84 bits per heavy atom. The molecule has 0 spiro atoms. The van der Waals surface area contributed by atoms with Crippen LogP contribution in [0.4, 0.5) is 5.69 Å². The number of likely N-dealkylation sites (tertiary alicyclic amines) is 1. The van der Waals surface area contributed by atoms with Crippen molar-refractivity contribution >= 4 is 17.6 Å². The third kappa shape index (κ3) is 6.38. The van der Waals surface area contributed by atoms with Crippen LogP contribution in [0, 0.1) is 5.92 Å². The predicted molar refractivity (Wildman–Crippen MR) is 96.7 cm³/mol. The van der Waals surface area contributed by atoms with Gasteiger partial charge in [-0.15, -0.1) is 0 Å². The van der Waals surface area contributed by atoms with Crippen LogP contribution >= 0.6 is 0 Å². The van der Waals surface area contributed by atoms with E-state index in [1.807, 2.05) is 31.2 Å². The summed E-state index contributed by atoms with van der Waals surface area (Å²) < 4.78 is 10.6. The number of ether oxygens (including phenoxy) is 2. The molecule has 2 rings (SSSR count). The van der Waals surface area contributed by atoms with Crippen LogP contribution in [0.5, 0.6) is 5.75 Å². The van der Waals surface area contributed by atoms with Gasteiger partial charge in [0, 0.05) is 5.69 Å². The van der Waals surface area contributed by atoms with E-state index in [0.717, 1.165) is 43.8 Å². The molecule has 0 bridgehead atoms. The van der Waals surface area contributed by atoms with Gasteiger partial charge in [0.2, 0.25) is 5.91 Å². The Bertz CT molecular complexity index is 551. The van der Waals surface area contributed by atoms with E-state index in [1.54, 1.807) is 0 Å². The summed E-state index contributed by atoms with van der Waals surface area (Å²) in [4.78, 5) is 26.0. The number of anilines is 1. The number of nitrogens with zero attached hydrogens (tertiary/aromatic N) is 1. The average Bonchev–Trinajstić information content (AvgIpc) is 2.62. The van der Waals surface area contributed by atoms with Crippen molar-refractivity contribution < 1.29 is 19.1 Å². The molecular weight excluding hydrogens is 320 g/mol. The highest BCUT2D eigenvalue weighted by molar-refractivity contribution is 5.92. The minimum Gasteiger partial charge on any atom is -0.494 e. The Kier molecular flexibility index (Phi) is 7.73. The van der Waals surface area contributed by atoms with Gasteiger partial charge in [-0.2, -0.15) is 0 Å². The Labute approximate surface area is 149 Å². The van der Waals surface area contributed by atoms with E-state index in [2.05, 4.69) is 17.1 Å². The van der Waals surface area contributed by atoms with E-state index in [0.29, 0.717) is 19.8 Å². The molecule has 1 N–H and O–H groups in total. The summed E-state index contributed by atoms with van der Waals surface area (Å²) in [6.07, 6.45) is 2.45. The monoisotopic (exact) mass is 348 g/mol. The Morgan fingerprint density at radius 3 is 2.44 bits per heavy atom. The van der Waals surface area contributed by atoms with Crippen molar-refractivity contribution in [2.24, 2.45) is 5.92 Å². The van der Waals surface area contributed by atoms with E-state index >= 15 is 0 Å². The number of carbonyl (C=O) groups excluding carboxylic acids is 2. The topological polar surface area (TPSA) is 67.9 Å². The number of piperidine rings is 1. The highest BCUT2D eigenvalue weighted by Gasteiger charge is 2.26. The van der Waals surface area contributed by atoms with Gasteiger partial charge in [0.25, 0.3) is 0 Å². The van der Waals surface area contributed by atoms with E-state index in [4.69, 9.17) is 9.47 Å². The molecule has 0 saturated carbocycles. The molecule has 0 unspecified atom stereocenters. The fourth-order valence-corrected chi connectivity index (χ4v) is 2.84. The fourth-order valence-electron chi connectivity index (χ4n) is 2.84. The van der Waals surface area contributed by atoms with Crippen LogP contribution in [0.15, 0.2) is 24.3 Å². The second kappa shape index (κ2) is 10.0. The normalized spacial score (nSPS) is 15.6. The SMILES string of the molecule is CCCOc1ccc(NC(=O)CN2CCC(C(=O)OCC)CC2)cc1. The molecule has 0 aliphatic carbocycles. The first-order valence-corrected chi connectivity index (χ1v) is 9.04. The third-order valence-corrected chi connectivity index (χ3v) is 4.19. The van der Waals surface area contributed by atoms with Crippen LogP contribution < -0.4 is 10.1 Å². The van der Waals surface area contributed by atoms with Crippen molar-refractivity contribution in [3.05, 3.63) is 24.3 Å². The molecule has 6 nitrogen and oxygen atoms in total. The number of amides is 1. The number of hydrogen-bond acceptors (Lipinski definition) is 5. The average molecular weight is 348 g/mol. The molecule has 1 aliphatic heterocycles. The quantitative estimate of drug-likeness (QED) is 0.732. The van der Waals surface area contributed by atoms with Crippen LogP contribution in [0.3, 0.4) is 0 Å². The van der Waals surface area contributed by atoms with Gasteiger partial charge in [0.05, 0.1) is 25.7 Å². The van der Waals surface area contributed by atoms with Crippen molar-refractivity contribution in [1.82, 2.24) is 4.90 Å². The van der Waals surface area contributed by atoms with Crippen LogP contribution in [-0.4, -0.2) is 49.6 Å². The van der Waals surface area contributed by atoms with Crippen molar-refractivity contribution in [2.75, 3.05) is 38.2 Å². The molecule has 1 aromatic rings. The summed E-state index contributed by atoms with van der Waals surface area (Å²) in [5.41, 5.74) is 0.759. The maximum Gasteiger partial charge on any atom is 0.309 e. The lowest BCUT2D eigenvalue weighted by atomic mass is 9.97. The lowest BCUT2D eigenvalue weighted by molar-refractivity contribution is -0.149. The van der Waals surface area contributed by atoms with Gasteiger partial charge in [-0.3, -0.25) is 14.5 Å². The van der Waals surface area contributed by atoms with E-state index in [9.17, 15) is 9.59 Å². The summed E-state index contributed by atoms with van der Waals surface area (Å²) in [5, 5.41) is 2.90. The van der Waals surface area contributed by atoms with Crippen molar-refractivity contribution in [1.29, 1.82) is 0 Å². The van der Waals surface area contributed by atoms with E-state index < -0.39 is 0 Å². The van der Waals surface area contributed by atoms with E-state index in [-0.39, 0.29) is 17.8 Å². The highest BCUT2D eigenvalue weighted by Crippen LogP contribution is 2.19. The molecule has 0 atom stereocenters. The van der Waals surface area contributed by atoms with Crippen LogP contribution in [0.1, 0.15) is 33.1 Å². The maximum absolute atomic E-state index is 12.2. The molecule has 6 heteroatoms. The molecule has 25 heavy (non-hydrogen) atoms. The van der Waals surface area contributed by atoms with Gasteiger partial charge in [-0.1, -0.05) is 6.92 Å². The third-order valence-electron chi connectivity index (χ3n) is 4.19. The zero-order valence-electron chi connectivity index (χ0n) is 15.1. The molecule has 0 aromatic heterocycles. The van der Waals surface area contributed by atoms with Crippen LogP contribution in [0.25, 0.3) is 0 Å². The number of rotatable bonds is 8. The van der Waals surface area contributed by atoms with Crippen molar-refractivity contribution in [3.63, 3.8) is 0 Å². The largest absolute Gasteiger partial charge is 0.494 e. The zero-order chi connectivity index (χ0) is 18.1. The number of carbonyl (C=O) groups is 2. The Balaban J connectivity index is 1.73. The first-order valence-electron chi connectivity index (χ1n) is 9.04. The Morgan fingerprint density at radius 1 is 1.16 bits per heavy atom. The molecular formula is C19H28N2O4. The molecule has 1 heterocycles. The van der Waals surface area contributed by atoms with Gasteiger partial charge in [-0.05, 0) is 63.5 Å². The van der Waals surface area contributed by atoms with Crippen molar-refractivity contribution in [3.8, 4) is 5.75 Å². The molecule has 1 saturated heterocycles. The smallest absolute Gasteiger partial charge is 0.309 e. The number of benzene rings is 1. The number of hydrogen-bond donors (Lipinski definition) is 1. The minimum absolute atomic E-state index is 0.0325. The zero-order valence-corrected chi connectivity index (χ0v) is 15.1. The molecule has 1 amide bonds. The molecule has 1 aliphatic rings. The van der Waals surface area contributed by atoms with Gasteiger partial charge in [0.1, 0.15) is 5.75 Å². The standard InChI is InChI=1S/C19H28N2O4/c1-3-13-25-17-7-5-16(6-8-17)20-18(22)14-21-11-9-15(10-12-21)19(23)24-4-2/h5-8,15H,3-4,9-14H2,1-2H3,(H,20,22). The first-order chi connectivity index (χ1) is 12.1. The van der Waals surface area contributed by atoms with Gasteiger partial charge >= 0.3 is 5.97 Å². The predicted octanol–water partition coefficient (Wildman–Crippen LogP) is 2.69. The lowest BCUT2D eigenvalue weighted by Crippen LogP contribution is -2.41. The molecule has 1 aromatic carbocycles. The number of nitrogens with one attached hydrogen (secondary N) is 1. The molecule has 1 fully saturated rings. The second-order valence-electron chi connectivity index (χ2n) is 6.22. The maximum atomic E-state index is 12.2. The van der Waals surface area contributed by atoms with Gasteiger partial charge in [0.15, 0.2) is 0 Å². The van der Waals surface area contributed by atoms with E-state index in [1.165, 1.54) is 0 Å². The minimum atomic E-state index is -0.114. The fraction of sp³-hybridized carbons (Fsp3) is 0.579. The summed E-state index contributed by atoms with van der Waals surface area (Å²) in [6.45, 7) is 6.80.